The van der Waals surface area contributed by atoms with Gasteiger partial charge in [-0.2, -0.15) is 0 Å². The van der Waals surface area contributed by atoms with Crippen LogP contribution in [0.3, 0.4) is 0 Å². The number of anilines is 1. The summed E-state index contributed by atoms with van der Waals surface area (Å²) in [5.41, 5.74) is 1.12. The van der Waals surface area contributed by atoms with E-state index in [2.05, 4.69) is 10.0 Å². The monoisotopic (exact) mass is 427 g/mol. The van der Waals surface area contributed by atoms with E-state index < -0.39 is 17.3 Å². The Kier molecular flexibility index (Phi) is 4.28. The van der Waals surface area contributed by atoms with Crippen molar-refractivity contribution in [3.63, 3.8) is 0 Å². The quantitative estimate of drug-likeness (QED) is 0.595. The fourth-order valence-corrected chi connectivity index (χ4v) is 5.82. The number of hydrogen-bond donors (Lipinski definition) is 0. The van der Waals surface area contributed by atoms with Gasteiger partial charge in [0.1, 0.15) is 5.82 Å². The predicted molar refractivity (Wildman–Crippen MR) is 118 cm³/mol. The van der Waals surface area contributed by atoms with Crippen LogP contribution in [0.5, 0.6) is 0 Å². The zero-order chi connectivity index (χ0) is 21.9. The molecule has 32 heavy (non-hydrogen) atoms. The molecule has 3 saturated heterocycles. The van der Waals surface area contributed by atoms with Crippen LogP contribution in [0.25, 0.3) is 0 Å². The highest BCUT2D eigenvalue weighted by Crippen LogP contribution is 2.59. The standard InChI is InChI=1S/C26H22FN3O2/c27-20-12-14-21(15-13-20)30-24(31)22-23(18-8-3-1-4-9-18)28-16-7-17-29(28)26(22,25(30)32)19-10-5-2-6-11-19/h1-6,8-15,22-23H,7,16-17H2. The van der Waals surface area contributed by atoms with Crippen LogP contribution in [-0.4, -0.2) is 34.9 Å². The van der Waals surface area contributed by atoms with Gasteiger partial charge in [-0.05, 0) is 41.8 Å². The number of amides is 2. The van der Waals surface area contributed by atoms with Crippen molar-refractivity contribution < 1.29 is 14.0 Å². The van der Waals surface area contributed by atoms with E-state index in [1.165, 1.54) is 29.2 Å². The molecule has 3 aliphatic heterocycles. The van der Waals surface area contributed by atoms with Crippen LogP contribution in [0.1, 0.15) is 23.6 Å². The third kappa shape index (κ3) is 2.45. The predicted octanol–water partition coefficient (Wildman–Crippen LogP) is 3.89. The lowest BCUT2D eigenvalue weighted by Gasteiger charge is -2.36. The summed E-state index contributed by atoms with van der Waals surface area (Å²) in [5.74, 6) is -1.52. The van der Waals surface area contributed by atoms with Crippen LogP contribution in [0.4, 0.5) is 10.1 Å². The zero-order valence-electron chi connectivity index (χ0n) is 17.4. The molecule has 3 heterocycles. The summed E-state index contributed by atoms with van der Waals surface area (Å²) >= 11 is 0. The first-order chi connectivity index (χ1) is 15.6. The highest BCUT2D eigenvalue weighted by atomic mass is 19.1. The van der Waals surface area contributed by atoms with Crippen molar-refractivity contribution in [1.29, 1.82) is 0 Å². The molecule has 3 aliphatic rings. The molecule has 0 bridgehead atoms. The lowest BCUT2D eigenvalue weighted by molar-refractivity contribution is -0.134. The molecule has 2 amide bonds. The lowest BCUT2D eigenvalue weighted by atomic mass is 9.75. The highest BCUT2D eigenvalue weighted by Gasteiger charge is 2.73. The Morgan fingerprint density at radius 3 is 2.16 bits per heavy atom. The summed E-state index contributed by atoms with van der Waals surface area (Å²) in [7, 11) is 0. The molecule has 3 aromatic rings. The van der Waals surface area contributed by atoms with E-state index in [1.807, 2.05) is 60.7 Å². The molecule has 6 rings (SSSR count). The molecule has 0 aliphatic carbocycles. The van der Waals surface area contributed by atoms with E-state index in [1.54, 1.807) is 0 Å². The van der Waals surface area contributed by atoms with Crippen molar-refractivity contribution in [3.05, 3.63) is 102 Å². The number of carbonyl (C=O) groups excluding carboxylic acids is 2. The first kappa shape index (κ1) is 19.3. The van der Waals surface area contributed by atoms with Crippen LogP contribution in [0, 0.1) is 11.7 Å². The Labute approximate surface area is 185 Å². The molecule has 3 fully saturated rings. The van der Waals surface area contributed by atoms with Gasteiger partial charge in [0.15, 0.2) is 5.54 Å². The molecule has 0 radical (unpaired) electrons. The van der Waals surface area contributed by atoms with E-state index in [0.717, 1.165) is 24.1 Å². The van der Waals surface area contributed by atoms with Crippen LogP contribution >= 0.6 is 0 Å². The minimum absolute atomic E-state index is 0.242. The fourth-order valence-electron chi connectivity index (χ4n) is 5.82. The zero-order valence-corrected chi connectivity index (χ0v) is 17.4. The maximum atomic E-state index is 14.3. The van der Waals surface area contributed by atoms with Gasteiger partial charge in [-0.25, -0.2) is 19.3 Å². The number of carbonyl (C=O) groups is 2. The maximum absolute atomic E-state index is 14.3. The summed E-state index contributed by atoms with van der Waals surface area (Å²) in [6.07, 6.45) is 0.919. The number of fused-ring (bicyclic) bond motifs is 3. The number of halogens is 1. The molecule has 160 valence electrons. The molecule has 0 N–H and O–H groups in total. The Morgan fingerprint density at radius 1 is 0.812 bits per heavy atom. The average molecular weight is 427 g/mol. The normalized spacial score (nSPS) is 27.7. The Balaban J connectivity index is 1.60. The first-order valence-corrected chi connectivity index (χ1v) is 10.9. The smallest absolute Gasteiger partial charge is 0.261 e. The number of hydrogen-bond acceptors (Lipinski definition) is 4. The SMILES string of the molecule is O=C1C2C(c3ccccc3)N3CCCN3C2(c2ccccc2)C(=O)N1c1ccc(F)cc1. The second-order valence-corrected chi connectivity index (χ2v) is 8.56. The first-order valence-electron chi connectivity index (χ1n) is 10.9. The molecular weight excluding hydrogens is 405 g/mol. The fraction of sp³-hybridized carbons (Fsp3) is 0.231. The van der Waals surface area contributed by atoms with Crippen molar-refractivity contribution in [2.24, 2.45) is 5.92 Å². The van der Waals surface area contributed by atoms with E-state index in [9.17, 15) is 14.0 Å². The van der Waals surface area contributed by atoms with Crippen LogP contribution in [0.2, 0.25) is 0 Å². The van der Waals surface area contributed by atoms with Gasteiger partial charge < -0.3 is 0 Å². The van der Waals surface area contributed by atoms with Crippen molar-refractivity contribution in [3.8, 4) is 0 Å². The van der Waals surface area contributed by atoms with Gasteiger partial charge in [-0.3, -0.25) is 9.59 Å². The van der Waals surface area contributed by atoms with Gasteiger partial charge in [-0.1, -0.05) is 60.7 Å². The topological polar surface area (TPSA) is 43.9 Å². The summed E-state index contributed by atoms with van der Waals surface area (Å²) < 4.78 is 13.6. The van der Waals surface area contributed by atoms with Gasteiger partial charge in [0, 0.05) is 13.1 Å². The second kappa shape index (κ2) is 7.08. The van der Waals surface area contributed by atoms with Gasteiger partial charge >= 0.3 is 0 Å². The minimum Gasteiger partial charge on any atom is -0.274 e. The number of nitrogens with zero attached hydrogens (tertiary/aromatic N) is 3. The van der Waals surface area contributed by atoms with Gasteiger partial charge in [0.25, 0.3) is 5.91 Å². The molecule has 3 unspecified atom stereocenters. The molecule has 6 heteroatoms. The van der Waals surface area contributed by atoms with Crippen molar-refractivity contribution in [1.82, 2.24) is 10.0 Å². The number of hydrazine groups is 1. The average Bonchev–Trinajstić information content (AvgIpc) is 3.46. The number of rotatable bonds is 3. The van der Waals surface area contributed by atoms with Crippen LogP contribution < -0.4 is 4.90 Å². The Hall–Kier alpha value is -3.35. The van der Waals surface area contributed by atoms with Crippen molar-refractivity contribution >= 4 is 17.5 Å². The van der Waals surface area contributed by atoms with Crippen LogP contribution in [-0.2, 0) is 15.1 Å². The number of imide groups is 1. The van der Waals surface area contributed by atoms with E-state index in [0.29, 0.717) is 12.2 Å². The van der Waals surface area contributed by atoms with Gasteiger partial charge in [0.05, 0.1) is 17.6 Å². The van der Waals surface area contributed by atoms with Crippen LogP contribution in [0.15, 0.2) is 84.9 Å². The molecule has 3 aromatic carbocycles. The molecule has 5 nitrogen and oxygen atoms in total. The minimum atomic E-state index is -1.12. The molecule has 0 spiro atoms. The molecule has 3 atom stereocenters. The summed E-state index contributed by atoms with van der Waals surface area (Å²) in [6.45, 7) is 1.49. The summed E-state index contributed by atoms with van der Waals surface area (Å²) in [6, 6.07) is 24.9. The lowest BCUT2D eigenvalue weighted by Crippen LogP contribution is -2.52. The summed E-state index contributed by atoms with van der Waals surface area (Å²) in [4.78, 5) is 29.6. The van der Waals surface area contributed by atoms with E-state index in [4.69, 9.17) is 0 Å². The molecule has 0 aromatic heterocycles. The van der Waals surface area contributed by atoms with Crippen molar-refractivity contribution in [2.45, 2.75) is 18.0 Å². The largest absolute Gasteiger partial charge is 0.274 e. The van der Waals surface area contributed by atoms with Crippen molar-refractivity contribution in [2.75, 3.05) is 18.0 Å². The Bertz CT molecular complexity index is 1180. The number of benzene rings is 3. The third-order valence-corrected chi connectivity index (χ3v) is 7.02. The maximum Gasteiger partial charge on any atom is 0.261 e. The second-order valence-electron chi connectivity index (χ2n) is 8.56. The van der Waals surface area contributed by atoms with Gasteiger partial charge in [-0.15, -0.1) is 0 Å². The third-order valence-electron chi connectivity index (χ3n) is 7.02. The molecule has 0 saturated carbocycles. The van der Waals surface area contributed by atoms with Gasteiger partial charge in [0.2, 0.25) is 5.91 Å². The highest BCUT2D eigenvalue weighted by molar-refractivity contribution is 6.26. The summed E-state index contributed by atoms with van der Waals surface area (Å²) in [5, 5.41) is 4.33. The Morgan fingerprint density at radius 2 is 1.47 bits per heavy atom. The molecular formula is C26H22FN3O2. The van der Waals surface area contributed by atoms with E-state index in [-0.39, 0.29) is 17.9 Å². The van der Waals surface area contributed by atoms with E-state index >= 15 is 0 Å².